The Morgan fingerprint density at radius 1 is 0.949 bits per heavy atom. The van der Waals surface area contributed by atoms with Gasteiger partial charge in [0.2, 0.25) is 0 Å². The molecule has 210 valence electrons. The Balaban J connectivity index is 0.00000420. The van der Waals surface area contributed by atoms with Gasteiger partial charge < -0.3 is 19.9 Å². The number of benzene rings is 3. The van der Waals surface area contributed by atoms with E-state index in [4.69, 9.17) is 31.5 Å². The van der Waals surface area contributed by atoms with Crippen LogP contribution in [-0.2, 0) is 11.3 Å². The highest BCUT2D eigenvalue weighted by molar-refractivity contribution is 6.20. The summed E-state index contributed by atoms with van der Waals surface area (Å²) in [6.45, 7) is 1.94. The summed E-state index contributed by atoms with van der Waals surface area (Å²) in [5, 5.41) is 0. The molecule has 1 aliphatic heterocycles. The number of halogens is 2. The van der Waals surface area contributed by atoms with Crippen molar-refractivity contribution >= 4 is 29.8 Å². The first-order valence-electron chi connectivity index (χ1n) is 13.1. The number of carbonyl (C=O) groups is 1. The molecule has 39 heavy (non-hydrogen) atoms. The van der Waals surface area contributed by atoms with Gasteiger partial charge in [-0.15, -0.1) is 24.0 Å². The lowest BCUT2D eigenvalue weighted by Crippen LogP contribution is -2.49. The number of ketones is 1. The lowest BCUT2D eigenvalue weighted by Gasteiger charge is -2.37. The van der Waals surface area contributed by atoms with Crippen molar-refractivity contribution in [3.63, 3.8) is 0 Å². The number of likely N-dealkylation sites (tertiary alicyclic amines) is 1. The van der Waals surface area contributed by atoms with E-state index >= 15 is 0 Å². The summed E-state index contributed by atoms with van der Waals surface area (Å²) in [7, 11) is 3.20. The zero-order chi connectivity index (χ0) is 26.9. The Labute approximate surface area is 242 Å². The number of hydrogen-bond donors (Lipinski definition) is 1. The maximum absolute atomic E-state index is 13.5. The standard InChI is InChI=1S/C31H37ClN2O4.ClH/c1-36-26-17-22(18-27(19-26)37-2)21-38-29(30(35)25-11-7-4-8-12-25)20-28(33)31(32)34-15-13-24(14-16-34)23-9-5-3-6-10-23;/h3-12,17-19,24,28-29,31H,13-16,20-21,33H2,1-2H3;1H. The number of rotatable bonds is 12. The van der Waals surface area contributed by atoms with Crippen LogP contribution in [0.1, 0.15) is 46.7 Å². The van der Waals surface area contributed by atoms with E-state index in [-0.39, 0.29) is 24.8 Å². The molecule has 1 saturated heterocycles. The number of carbonyl (C=O) groups excluding carboxylic acids is 1. The van der Waals surface area contributed by atoms with E-state index in [9.17, 15) is 4.79 Å². The largest absolute Gasteiger partial charge is 0.497 e. The molecule has 2 N–H and O–H groups in total. The molecule has 1 aliphatic rings. The summed E-state index contributed by atoms with van der Waals surface area (Å²) in [4.78, 5) is 15.7. The molecule has 8 heteroatoms. The molecule has 0 saturated carbocycles. The van der Waals surface area contributed by atoms with Gasteiger partial charge in [0.25, 0.3) is 0 Å². The molecule has 0 aliphatic carbocycles. The molecule has 3 unspecified atom stereocenters. The number of methoxy groups -OCH3 is 2. The summed E-state index contributed by atoms with van der Waals surface area (Å²) >= 11 is 6.90. The van der Waals surface area contributed by atoms with Gasteiger partial charge in [0, 0.05) is 30.8 Å². The van der Waals surface area contributed by atoms with E-state index in [0.717, 1.165) is 31.5 Å². The van der Waals surface area contributed by atoms with E-state index in [0.29, 0.717) is 29.4 Å². The molecular weight excluding hydrogens is 535 g/mol. The van der Waals surface area contributed by atoms with Gasteiger partial charge in [-0.25, -0.2) is 0 Å². The highest BCUT2D eigenvalue weighted by Gasteiger charge is 2.32. The van der Waals surface area contributed by atoms with Crippen molar-refractivity contribution in [3.05, 3.63) is 95.6 Å². The third kappa shape index (κ3) is 8.44. The zero-order valence-electron chi connectivity index (χ0n) is 22.5. The van der Waals surface area contributed by atoms with Gasteiger partial charge in [0.15, 0.2) is 5.78 Å². The van der Waals surface area contributed by atoms with Gasteiger partial charge in [-0.2, -0.15) is 0 Å². The van der Waals surface area contributed by atoms with Crippen molar-refractivity contribution in [3.8, 4) is 11.5 Å². The highest BCUT2D eigenvalue weighted by Crippen LogP contribution is 2.30. The molecule has 0 spiro atoms. The maximum atomic E-state index is 13.5. The van der Waals surface area contributed by atoms with Crippen molar-refractivity contribution in [2.24, 2.45) is 5.73 Å². The topological polar surface area (TPSA) is 74.0 Å². The summed E-state index contributed by atoms with van der Waals surface area (Å²) in [6, 6.07) is 24.9. The molecule has 4 rings (SSSR count). The Morgan fingerprint density at radius 3 is 2.08 bits per heavy atom. The van der Waals surface area contributed by atoms with Crippen LogP contribution in [0.4, 0.5) is 0 Å². The van der Waals surface area contributed by atoms with Crippen LogP contribution in [0.3, 0.4) is 0 Å². The average Bonchev–Trinajstić information content (AvgIpc) is 2.99. The molecule has 0 amide bonds. The first-order valence-corrected chi connectivity index (χ1v) is 13.5. The minimum Gasteiger partial charge on any atom is -0.497 e. The second-order valence-electron chi connectivity index (χ2n) is 9.74. The van der Waals surface area contributed by atoms with Gasteiger partial charge in [-0.1, -0.05) is 60.7 Å². The molecule has 6 nitrogen and oxygen atoms in total. The van der Waals surface area contributed by atoms with Crippen LogP contribution < -0.4 is 15.2 Å². The van der Waals surface area contributed by atoms with Crippen LogP contribution in [0.2, 0.25) is 0 Å². The van der Waals surface area contributed by atoms with Crippen molar-refractivity contribution < 1.29 is 19.0 Å². The molecule has 1 heterocycles. The number of ether oxygens (including phenoxy) is 3. The van der Waals surface area contributed by atoms with Crippen molar-refractivity contribution in [2.75, 3.05) is 27.3 Å². The number of hydrogen-bond acceptors (Lipinski definition) is 6. The van der Waals surface area contributed by atoms with Crippen molar-refractivity contribution in [2.45, 2.75) is 49.4 Å². The van der Waals surface area contributed by atoms with Crippen molar-refractivity contribution in [1.82, 2.24) is 4.90 Å². The number of alkyl halides is 1. The van der Waals surface area contributed by atoms with Crippen LogP contribution in [0, 0.1) is 0 Å². The molecular formula is C31H38Cl2N2O4. The fourth-order valence-corrected chi connectivity index (χ4v) is 5.32. The molecule has 3 aromatic rings. The van der Waals surface area contributed by atoms with Gasteiger partial charge in [-0.05, 0) is 48.4 Å². The summed E-state index contributed by atoms with van der Waals surface area (Å²) < 4.78 is 17.0. The van der Waals surface area contributed by atoms with Crippen LogP contribution in [-0.4, -0.2) is 55.6 Å². The smallest absolute Gasteiger partial charge is 0.191 e. The van der Waals surface area contributed by atoms with Gasteiger partial charge >= 0.3 is 0 Å². The summed E-state index contributed by atoms with van der Waals surface area (Å²) in [5.74, 6) is 1.74. The van der Waals surface area contributed by atoms with Crippen molar-refractivity contribution in [1.29, 1.82) is 0 Å². The molecule has 0 radical (unpaired) electrons. The van der Waals surface area contributed by atoms with Crippen LogP contribution >= 0.6 is 24.0 Å². The summed E-state index contributed by atoms with van der Waals surface area (Å²) in [6.07, 6.45) is 1.62. The summed E-state index contributed by atoms with van der Waals surface area (Å²) in [5.41, 5.74) is 9.03. The predicted molar refractivity (Wildman–Crippen MR) is 158 cm³/mol. The third-order valence-corrected chi connectivity index (χ3v) is 7.80. The monoisotopic (exact) mass is 572 g/mol. The van der Waals surface area contributed by atoms with Gasteiger partial charge in [0.1, 0.15) is 23.1 Å². The minimum absolute atomic E-state index is 0. The fourth-order valence-electron chi connectivity index (χ4n) is 5.02. The lowest BCUT2D eigenvalue weighted by atomic mass is 9.89. The Morgan fingerprint density at radius 2 is 1.51 bits per heavy atom. The molecule has 0 aromatic heterocycles. The number of piperidine rings is 1. The Bertz CT molecular complexity index is 1140. The SMILES string of the molecule is COc1cc(COC(CC(N)C(Cl)N2CCC(c3ccccc3)CC2)C(=O)c2ccccc2)cc(OC)c1.Cl. The Kier molecular flexibility index (Phi) is 12.1. The van der Waals surface area contributed by atoms with Crippen LogP contribution in [0.25, 0.3) is 0 Å². The number of Topliss-reactive ketones (excluding diaryl/α,β-unsaturated/α-hetero) is 1. The highest BCUT2D eigenvalue weighted by atomic mass is 35.5. The van der Waals surface area contributed by atoms with E-state index in [1.165, 1.54) is 5.56 Å². The number of nitrogens with two attached hydrogens (primary N) is 1. The molecule has 3 atom stereocenters. The minimum atomic E-state index is -0.743. The van der Waals surface area contributed by atoms with Crippen LogP contribution in [0.15, 0.2) is 78.9 Å². The average molecular weight is 574 g/mol. The van der Waals surface area contributed by atoms with E-state index in [2.05, 4.69) is 29.2 Å². The second-order valence-corrected chi connectivity index (χ2v) is 10.2. The van der Waals surface area contributed by atoms with Gasteiger partial charge in [-0.3, -0.25) is 9.69 Å². The first-order chi connectivity index (χ1) is 18.5. The Hall–Kier alpha value is -2.61. The van der Waals surface area contributed by atoms with E-state index in [1.54, 1.807) is 32.4 Å². The quantitative estimate of drug-likeness (QED) is 0.162. The predicted octanol–water partition coefficient (Wildman–Crippen LogP) is 6.06. The normalized spacial score (nSPS) is 16.5. The molecule has 1 fully saturated rings. The zero-order valence-corrected chi connectivity index (χ0v) is 24.1. The van der Waals surface area contributed by atoms with E-state index in [1.807, 2.05) is 36.4 Å². The maximum Gasteiger partial charge on any atom is 0.191 e. The number of nitrogens with zero attached hydrogens (tertiary/aromatic N) is 1. The van der Waals surface area contributed by atoms with Gasteiger partial charge in [0.05, 0.1) is 20.8 Å². The second kappa shape index (κ2) is 15.2. The lowest BCUT2D eigenvalue weighted by molar-refractivity contribution is 0.0246. The van der Waals surface area contributed by atoms with Crippen LogP contribution in [0.5, 0.6) is 11.5 Å². The van der Waals surface area contributed by atoms with E-state index < -0.39 is 17.6 Å². The molecule has 0 bridgehead atoms. The fraction of sp³-hybridized carbons (Fsp3) is 0.387. The third-order valence-electron chi connectivity index (χ3n) is 7.20. The first kappa shape index (κ1) is 30.9. The molecule has 3 aromatic carbocycles.